The number of methoxy groups -OCH3 is 2. The van der Waals surface area contributed by atoms with Crippen LogP contribution in [0, 0.1) is 0 Å². The quantitative estimate of drug-likeness (QED) is 0.416. The molecule has 0 spiro atoms. The fourth-order valence-electron chi connectivity index (χ4n) is 2.87. The van der Waals surface area contributed by atoms with Gasteiger partial charge in [-0.2, -0.15) is 0 Å². The van der Waals surface area contributed by atoms with E-state index in [9.17, 15) is 0 Å². The fraction of sp³-hybridized carbons (Fsp3) is 0.0833. The van der Waals surface area contributed by atoms with Crippen molar-refractivity contribution in [1.82, 2.24) is 0 Å². The van der Waals surface area contributed by atoms with E-state index in [1.54, 1.807) is 38.5 Å². The molecule has 0 aliphatic heterocycles. The molecule has 0 saturated carbocycles. The van der Waals surface area contributed by atoms with Crippen LogP contribution in [0.2, 0.25) is 5.02 Å². The van der Waals surface area contributed by atoms with E-state index in [1.807, 2.05) is 24.3 Å². The number of hydrogen-bond acceptors (Lipinski definition) is 2. The Balaban J connectivity index is 2.72. The van der Waals surface area contributed by atoms with Gasteiger partial charge < -0.3 is 9.47 Å². The van der Waals surface area contributed by atoms with Gasteiger partial charge in [0.05, 0.1) is 14.2 Å². The lowest BCUT2D eigenvalue weighted by atomic mass is 9.88. The van der Waals surface area contributed by atoms with Crippen LogP contribution in [-0.4, -0.2) is 14.2 Å². The maximum atomic E-state index is 6.12. The van der Waals surface area contributed by atoms with Crippen LogP contribution in [0.15, 0.2) is 79.4 Å². The minimum absolute atomic E-state index is 0.407. The van der Waals surface area contributed by atoms with Crippen molar-refractivity contribution < 1.29 is 9.47 Å². The third kappa shape index (κ3) is 4.59. The first-order chi connectivity index (χ1) is 13.3. The van der Waals surface area contributed by atoms with Crippen LogP contribution in [0.1, 0.15) is 11.1 Å². The largest absolute Gasteiger partial charge is 0.496 e. The van der Waals surface area contributed by atoms with Crippen LogP contribution < -0.4 is 9.47 Å². The zero-order chi connectivity index (χ0) is 20.8. The lowest BCUT2D eigenvalue weighted by Gasteiger charge is -2.19. The summed E-state index contributed by atoms with van der Waals surface area (Å²) in [7, 11) is 3.22. The van der Waals surface area contributed by atoms with Gasteiger partial charge in [0.15, 0.2) is 0 Å². The van der Waals surface area contributed by atoms with E-state index in [-0.39, 0.29) is 0 Å². The first kappa shape index (κ1) is 21.6. The van der Waals surface area contributed by atoms with Gasteiger partial charge in [-0.3, -0.25) is 0 Å². The molecule has 0 aliphatic rings. The van der Waals surface area contributed by atoms with Crippen molar-refractivity contribution in [2.24, 2.45) is 0 Å². The lowest BCUT2D eigenvalue weighted by Crippen LogP contribution is -1.99. The Kier molecular flexibility index (Phi) is 7.33. The molecule has 2 rings (SSSR count). The molecule has 0 aromatic heterocycles. The second-order valence-electron chi connectivity index (χ2n) is 5.94. The van der Waals surface area contributed by atoms with Gasteiger partial charge >= 0.3 is 0 Å². The van der Waals surface area contributed by atoms with E-state index in [2.05, 4.69) is 26.3 Å². The van der Waals surface area contributed by atoms with Gasteiger partial charge in [-0.1, -0.05) is 61.7 Å². The molecule has 0 radical (unpaired) electrons. The SMILES string of the molecule is C=Cc1c(-c2ccc(Cl)cc2OC)ccc(OC)c1C(=C)C(=C)C=CC(=C)Cl. The molecule has 0 fully saturated rings. The molecule has 0 amide bonds. The molecule has 0 heterocycles. The van der Waals surface area contributed by atoms with E-state index in [0.717, 1.165) is 22.3 Å². The van der Waals surface area contributed by atoms with Crippen LogP contribution in [0.4, 0.5) is 0 Å². The summed E-state index contributed by atoms with van der Waals surface area (Å²) in [6, 6.07) is 9.34. The topological polar surface area (TPSA) is 18.5 Å². The van der Waals surface area contributed by atoms with Crippen molar-refractivity contribution in [2.75, 3.05) is 14.2 Å². The summed E-state index contributed by atoms with van der Waals surface area (Å²) in [5.74, 6) is 1.32. The van der Waals surface area contributed by atoms with Crippen LogP contribution in [0.25, 0.3) is 22.8 Å². The number of benzene rings is 2. The Labute approximate surface area is 176 Å². The summed E-state index contributed by atoms with van der Waals surface area (Å²) in [5.41, 5.74) is 4.82. The Hall–Kier alpha value is -2.68. The molecule has 2 aromatic rings. The molecule has 2 aromatic carbocycles. The van der Waals surface area contributed by atoms with E-state index >= 15 is 0 Å². The summed E-state index contributed by atoms with van der Waals surface area (Å²) < 4.78 is 11.1. The van der Waals surface area contributed by atoms with Crippen LogP contribution in [-0.2, 0) is 0 Å². The number of halogens is 2. The zero-order valence-corrected chi connectivity index (χ0v) is 17.5. The predicted molar refractivity (Wildman–Crippen MR) is 122 cm³/mol. The van der Waals surface area contributed by atoms with Gasteiger partial charge in [-0.05, 0) is 58.7 Å². The van der Waals surface area contributed by atoms with Crippen molar-refractivity contribution in [3.8, 4) is 22.6 Å². The highest BCUT2D eigenvalue weighted by Gasteiger charge is 2.19. The first-order valence-electron chi connectivity index (χ1n) is 8.42. The van der Waals surface area contributed by atoms with Gasteiger partial charge in [0.25, 0.3) is 0 Å². The lowest BCUT2D eigenvalue weighted by molar-refractivity contribution is 0.413. The van der Waals surface area contributed by atoms with Gasteiger partial charge in [-0.15, -0.1) is 0 Å². The van der Waals surface area contributed by atoms with Crippen LogP contribution in [0.5, 0.6) is 11.5 Å². The smallest absolute Gasteiger partial charge is 0.128 e. The van der Waals surface area contributed by atoms with Gasteiger partial charge in [0.1, 0.15) is 11.5 Å². The number of ether oxygens (including phenoxy) is 2. The molecule has 0 bridgehead atoms. The molecule has 0 unspecified atom stereocenters. The zero-order valence-electron chi connectivity index (χ0n) is 16.0. The van der Waals surface area contributed by atoms with E-state index in [1.165, 1.54) is 0 Å². The number of rotatable bonds is 8. The summed E-state index contributed by atoms with van der Waals surface area (Å²) in [4.78, 5) is 0. The molecule has 0 saturated heterocycles. The minimum Gasteiger partial charge on any atom is -0.496 e. The summed E-state index contributed by atoms with van der Waals surface area (Å²) >= 11 is 11.9. The first-order valence-corrected chi connectivity index (χ1v) is 9.18. The Morgan fingerprint density at radius 3 is 2.14 bits per heavy atom. The van der Waals surface area contributed by atoms with E-state index in [4.69, 9.17) is 32.7 Å². The average molecular weight is 413 g/mol. The maximum Gasteiger partial charge on any atom is 0.128 e. The standard InChI is InChI=1S/C24H22Cl2O2/c1-7-19-20(21-11-10-18(26)14-23(21)28-6)12-13-22(27-5)24(19)17(4)15(2)8-9-16(3)25/h7-14H,1-4H2,5-6H3. The number of allylic oxidation sites excluding steroid dienone is 5. The number of hydrogen-bond donors (Lipinski definition) is 0. The maximum absolute atomic E-state index is 6.12. The minimum atomic E-state index is 0.407. The van der Waals surface area contributed by atoms with E-state index in [0.29, 0.717) is 32.7 Å². The fourth-order valence-corrected chi connectivity index (χ4v) is 3.09. The van der Waals surface area contributed by atoms with Gasteiger partial charge in [0, 0.05) is 21.2 Å². The Morgan fingerprint density at radius 2 is 1.57 bits per heavy atom. The van der Waals surface area contributed by atoms with E-state index < -0.39 is 0 Å². The average Bonchev–Trinajstić information content (AvgIpc) is 2.70. The molecule has 2 nitrogen and oxygen atoms in total. The highest BCUT2D eigenvalue weighted by atomic mass is 35.5. The second-order valence-corrected chi connectivity index (χ2v) is 6.86. The third-order valence-electron chi connectivity index (χ3n) is 4.24. The molecular formula is C24H22Cl2O2. The van der Waals surface area contributed by atoms with Gasteiger partial charge in [-0.25, -0.2) is 0 Å². The second kappa shape index (κ2) is 9.50. The van der Waals surface area contributed by atoms with Crippen molar-refractivity contribution in [3.05, 3.63) is 95.6 Å². The van der Waals surface area contributed by atoms with Crippen molar-refractivity contribution in [2.45, 2.75) is 0 Å². The van der Waals surface area contributed by atoms with Gasteiger partial charge in [0.2, 0.25) is 0 Å². The monoisotopic (exact) mass is 412 g/mol. The predicted octanol–water partition coefficient (Wildman–Crippen LogP) is 7.55. The molecule has 0 N–H and O–H groups in total. The van der Waals surface area contributed by atoms with Crippen molar-refractivity contribution in [3.63, 3.8) is 0 Å². The molecule has 144 valence electrons. The Bertz CT molecular complexity index is 984. The molecule has 0 aliphatic carbocycles. The molecule has 28 heavy (non-hydrogen) atoms. The van der Waals surface area contributed by atoms with Crippen molar-refractivity contribution in [1.29, 1.82) is 0 Å². The van der Waals surface area contributed by atoms with Crippen molar-refractivity contribution >= 4 is 34.9 Å². The summed E-state index contributed by atoms with van der Waals surface area (Å²) in [6.07, 6.45) is 5.20. The third-order valence-corrected chi connectivity index (χ3v) is 4.60. The normalized spacial score (nSPS) is 10.6. The summed E-state index contributed by atoms with van der Waals surface area (Å²) in [5, 5.41) is 1.00. The van der Waals surface area contributed by atoms with Crippen LogP contribution >= 0.6 is 23.2 Å². The Morgan fingerprint density at radius 1 is 0.929 bits per heavy atom. The molecule has 4 heteroatoms. The molecule has 0 atom stereocenters. The summed E-state index contributed by atoms with van der Waals surface area (Å²) in [6.45, 7) is 15.9. The highest BCUT2D eigenvalue weighted by molar-refractivity contribution is 6.31. The molecular weight excluding hydrogens is 391 g/mol. The van der Waals surface area contributed by atoms with Crippen LogP contribution in [0.3, 0.4) is 0 Å². The highest BCUT2D eigenvalue weighted by Crippen LogP contribution is 2.42.